The lowest BCUT2D eigenvalue weighted by Crippen LogP contribution is -2.00. The van der Waals surface area contributed by atoms with Crippen molar-refractivity contribution in [3.63, 3.8) is 0 Å². The van der Waals surface area contributed by atoms with E-state index in [4.69, 9.17) is 15.8 Å². The smallest absolute Gasteiger partial charge is 0.163 e. The predicted octanol–water partition coefficient (Wildman–Crippen LogP) is 3.79. The molecule has 2 aromatic rings. The molecule has 5 nitrogen and oxygen atoms in total. The number of hydrogen-bond donors (Lipinski definition) is 1. The van der Waals surface area contributed by atoms with Gasteiger partial charge in [0.25, 0.3) is 0 Å². The largest absolute Gasteiger partial charge is 0.345 e. The fourth-order valence-electron chi connectivity index (χ4n) is 2.09. The van der Waals surface area contributed by atoms with E-state index in [-0.39, 0.29) is 17.1 Å². The van der Waals surface area contributed by atoms with Gasteiger partial charge in [-0.3, -0.25) is 4.79 Å². The van der Waals surface area contributed by atoms with E-state index in [9.17, 15) is 4.79 Å². The number of nitriles is 3. The normalized spacial score (nSPS) is 9.08. The number of carbonyl (C=O) groups is 1. The Kier molecular flexibility index (Phi) is 5.09. The fraction of sp³-hybridized carbons (Fsp3) is 0.0526. The van der Waals surface area contributed by atoms with Gasteiger partial charge in [-0.15, -0.1) is 0 Å². The van der Waals surface area contributed by atoms with Crippen LogP contribution in [0, 0.1) is 34.0 Å². The molecule has 24 heavy (non-hydrogen) atoms. The van der Waals surface area contributed by atoms with Crippen molar-refractivity contribution in [3.05, 3.63) is 65.4 Å². The Morgan fingerprint density at radius 2 is 1.58 bits per heavy atom. The standard InChI is InChI=1S/C19H12N4O/c1-13(24)15-3-2-4-16(9-15)14-5-7-18(8-6-14)23-19(12-22)17(10-20)11-21/h2-9,23H,1H3. The van der Waals surface area contributed by atoms with Crippen molar-refractivity contribution in [2.75, 3.05) is 5.32 Å². The highest BCUT2D eigenvalue weighted by Gasteiger charge is 2.07. The molecule has 0 amide bonds. The zero-order valence-electron chi connectivity index (χ0n) is 12.9. The van der Waals surface area contributed by atoms with Gasteiger partial charge in [0.15, 0.2) is 11.4 Å². The highest BCUT2D eigenvalue weighted by molar-refractivity contribution is 5.95. The van der Waals surface area contributed by atoms with Crippen molar-refractivity contribution in [3.8, 4) is 29.3 Å². The lowest BCUT2D eigenvalue weighted by atomic mass is 10.0. The van der Waals surface area contributed by atoms with Crippen molar-refractivity contribution in [1.82, 2.24) is 0 Å². The van der Waals surface area contributed by atoms with Crippen LogP contribution in [0.25, 0.3) is 11.1 Å². The maximum atomic E-state index is 11.5. The second-order valence-corrected chi connectivity index (χ2v) is 4.92. The Hall–Kier alpha value is -3.88. The number of hydrogen-bond acceptors (Lipinski definition) is 5. The third kappa shape index (κ3) is 3.65. The summed E-state index contributed by atoms with van der Waals surface area (Å²) in [5, 5.41) is 29.4. The van der Waals surface area contributed by atoms with E-state index < -0.39 is 0 Å². The quantitative estimate of drug-likeness (QED) is 0.683. The molecule has 1 N–H and O–H groups in total. The first-order valence-electron chi connectivity index (χ1n) is 7.02. The molecule has 0 aliphatic carbocycles. The molecule has 0 radical (unpaired) electrons. The Bertz CT molecular complexity index is 919. The molecule has 0 aromatic heterocycles. The van der Waals surface area contributed by atoms with Gasteiger partial charge < -0.3 is 5.32 Å². The highest BCUT2D eigenvalue weighted by atomic mass is 16.1. The van der Waals surface area contributed by atoms with Crippen LogP contribution < -0.4 is 5.32 Å². The van der Waals surface area contributed by atoms with Crippen molar-refractivity contribution >= 4 is 11.5 Å². The summed E-state index contributed by atoms with van der Waals surface area (Å²) in [5.41, 5.74) is 2.67. The zero-order valence-corrected chi connectivity index (χ0v) is 12.9. The van der Waals surface area contributed by atoms with E-state index in [0.29, 0.717) is 11.3 Å². The van der Waals surface area contributed by atoms with E-state index in [2.05, 4.69) is 5.32 Å². The van der Waals surface area contributed by atoms with Crippen LogP contribution in [0.4, 0.5) is 5.69 Å². The van der Waals surface area contributed by atoms with Crippen LogP contribution in [-0.2, 0) is 0 Å². The number of nitrogens with one attached hydrogen (secondary N) is 1. The minimum Gasteiger partial charge on any atom is -0.345 e. The van der Waals surface area contributed by atoms with Crippen molar-refractivity contribution < 1.29 is 4.79 Å². The molecule has 0 unspecified atom stereocenters. The van der Waals surface area contributed by atoms with E-state index in [1.807, 2.05) is 30.3 Å². The molecule has 0 atom stereocenters. The number of carbonyl (C=O) groups excluding carboxylic acids is 1. The molecule has 0 bridgehead atoms. The summed E-state index contributed by atoms with van der Waals surface area (Å²) >= 11 is 0. The molecular formula is C19H12N4O. The van der Waals surface area contributed by atoms with Gasteiger partial charge in [0, 0.05) is 11.3 Å². The van der Waals surface area contributed by atoms with Crippen LogP contribution in [-0.4, -0.2) is 5.78 Å². The summed E-state index contributed by atoms with van der Waals surface area (Å²) in [5.74, 6) is -0.000489. The van der Waals surface area contributed by atoms with Gasteiger partial charge in [-0.1, -0.05) is 30.3 Å². The molecule has 0 aliphatic heterocycles. The topological polar surface area (TPSA) is 100 Å². The molecule has 0 heterocycles. The maximum Gasteiger partial charge on any atom is 0.163 e. The van der Waals surface area contributed by atoms with Crippen molar-refractivity contribution in [2.24, 2.45) is 0 Å². The average Bonchev–Trinajstić information content (AvgIpc) is 2.62. The van der Waals surface area contributed by atoms with Gasteiger partial charge in [0.05, 0.1) is 0 Å². The Morgan fingerprint density at radius 3 is 2.12 bits per heavy atom. The van der Waals surface area contributed by atoms with Crippen LogP contribution in [0.5, 0.6) is 0 Å². The first-order valence-corrected chi connectivity index (χ1v) is 7.02. The number of nitrogens with zero attached hydrogens (tertiary/aromatic N) is 3. The predicted molar refractivity (Wildman–Crippen MR) is 89.4 cm³/mol. The molecule has 0 saturated heterocycles. The molecule has 0 aliphatic rings. The summed E-state index contributed by atoms with van der Waals surface area (Å²) in [7, 11) is 0. The zero-order chi connectivity index (χ0) is 17.5. The minimum absolute atomic E-state index is 0.000489. The number of benzene rings is 2. The molecular weight excluding hydrogens is 300 g/mol. The molecule has 2 aromatic carbocycles. The molecule has 0 spiro atoms. The van der Waals surface area contributed by atoms with Crippen LogP contribution >= 0.6 is 0 Å². The van der Waals surface area contributed by atoms with Crippen LogP contribution in [0.15, 0.2) is 59.8 Å². The van der Waals surface area contributed by atoms with Crippen LogP contribution in [0.2, 0.25) is 0 Å². The minimum atomic E-state index is -0.268. The summed E-state index contributed by atoms with van der Waals surface area (Å²) in [4.78, 5) is 11.5. The number of Topliss-reactive ketones (excluding diaryl/α,β-unsaturated/α-hetero) is 1. The van der Waals surface area contributed by atoms with Gasteiger partial charge in [0.1, 0.15) is 23.9 Å². The summed E-state index contributed by atoms with van der Waals surface area (Å²) in [6.07, 6.45) is 0. The van der Waals surface area contributed by atoms with Gasteiger partial charge >= 0.3 is 0 Å². The Balaban J connectivity index is 2.30. The van der Waals surface area contributed by atoms with Gasteiger partial charge in [0.2, 0.25) is 0 Å². The molecule has 2 rings (SSSR count). The highest BCUT2D eigenvalue weighted by Crippen LogP contribution is 2.23. The molecule has 114 valence electrons. The van der Waals surface area contributed by atoms with Crippen molar-refractivity contribution in [2.45, 2.75) is 6.92 Å². The van der Waals surface area contributed by atoms with E-state index >= 15 is 0 Å². The number of rotatable bonds is 4. The number of anilines is 1. The lowest BCUT2D eigenvalue weighted by molar-refractivity contribution is 0.101. The summed E-state index contributed by atoms with van der Waals surface area (Å²) < 4.78 is 0. The summed E-state index contributed by atoms with van der Waals surface area (Å²) in [6.45, 7) is 1.52. The lowest BCUT2D eigenvalue weighted by Gasteiger charge is -2.07. The first-order chi connectivity index (χ1) is 11.6. The maximum absolute atomic E-state index is 11.5. The van der Waals surface area contributed by atoms with Crippen molar-refractivity contribution in [1.29, 1.82) is 15.8 Å². The third-order valence-electron chi connectivity index (χ3n) is 3.34. The van der Waals surface area contributed by atoms with Gasteiger partial charge in [-0.05, 0) is 36.2 Å². The van der Waals surface area contributed by atoms with E-state index in [1.165, 1.54) is 6.92 Å². The molecule has 0 saturated carbocycles. The second kappa shape index (κ2) is 7.40. The van der Waals surface area contributed by atoms with E-state index in [0.717, 1.165) is 11.1 Å². The van der Waals surface area contributed by atoms with Crippen LogP contribution in [0.1, 0.15) is 17.3 Å². The Morgan fingerprint density at radius 1 is 0.917 bits per heavy atom. The van der Waals surface area contributed by atoms with Crippen LogP contribution in [0.3, 0.4) is 0 Å². The average molecular weight is 312 g/mol. The molecule has 5 heteroatoms. The molecule has 0 fully saturated rings. The van der Waals surface area contributed by atoms with Gasteiger partial charge in [-0.2, -0.15) is 15.8 Å². The SMILES string of the molecule is CC(=O)c1cccc(-c2ccc(NC(C#N)=C(C#N)C#N)cc2)c1. The number of allylic oxidation sites excluding steroid dienone is 2. The van der Waals surface area contributed by atoms with Gasteiger partial charge in [-0.25, -0.2) is 0 Å². The van der Waals surface area contributed by atoms with E-state index in [1.54, 1.807) is 36.4 Å². The summed E-state index contributed by atoms with van der Waals surface area (Å²) in [6, 6.07) is 19.6. The Labute approximate surface area is 139 Å². The first kappa shape index (κ1) is 16.5. The fourth-order valence-corrected chi connectivity index (χ4v) is 2.09. The third-order valence-corrected chi connectivity index (χ3v) is 3.34. The number of ketones is 1. The second-order valence-electron chi connectivity index (χ2n) is 4.92. The monoisotopic (exact) mass is 312 g/mol.